The number of hydrogen-bond donors (Lipinski definition) is 2. The third kappa shape index (κ3) is 5.60. The number of H-pyrrole nitrogens is 1. The van der Waals surface area contributed by atoms with Crippen molar-refractivity contribution >= 4 is 44.9 Å². The predicted octanol–water partition coefficient (Wildman–Crippen LogP) is 6.60. The van der Waals surface area contributed by atoms with Crippen LogP contribution in [0.25, 0.3) is 22.0 Å². The minimum atomic E-state index is -0.539. The minimum Gasteiger partial charge on any atom is -0.497 e. The van der Waals surface area contributed by atoms with Crippen molar-refractivity contribution < 1.29 is 23.8 Å². The number of benzene rings is 4. The largest absolute Gasteiger partial charge is 0.497 e. The average Bonchev–Trinajstić information content (AvgIpc) is 3.39. The fourth-order valence-corrected chi connectivity index (χ4v) is 4.63. The van der Waals surface area contributed by atoms with Gasteiger partial charge in [0.2, 0.25) is 0 Å². The SMILES string of the molecule is COc1ccc(C(=O)Oc2ccc(Br)cc2C=NNC(=O)c2[nH]c3c(OC)cccc3c2-c2ccccc2)cc1. The number of ether oxygens (including phenoxy) is 3. The van der Waals surface area contributed by atoms with Gasteiger partial charge in [0.1, 0.15) is 22.9 Å². The standard InChI is InChI=1S/C31H24BrN3O5/c1-38-23-14-11-20(12-15-23)31(37)40-25-16-13-22(32)17-21(25)18-33-35-30(36)29-27(19-7-4-3-5-8-19)24-9-6-10-26(39-2)28(24)34-29/h3-18,34H,1-2H3,(H,35,36). The number of carbonyl (C=O) groups is 2. The van der Waals surface area contributed by atoms with Gasteiger partial charge in [-0.15, -0.1) is 0 Å². The van der Waals surface area contributed by atoms with Gasteiger partial charge in [0.05, 0.1) is 31.5 Å². The van der Waals surface area contributed by atoms with Gasteiger partial charge in [0.25, 0.3) is 5.91 Å². The lowest BCUT2D eigenvalue weighted by Gasteiger charge is -2.09. The molecule has 0 unspecified atom stereocenters. The third-order valence-corrected chi connectivity index (χ3v) is 6.67. The fraction of sp³-hybridized carbons (Fsp3) is 0.0645. The molecule has 5 rings (SSSR count). The van der Waals surface area contributed by atoms with Crippen LogP contribution in [0.2, 0.25) is 0 Å². The van der Waals surface area contributed by atoms with Crippen molar-refractivity contribution in [3.8, 4) is 28.4 Å². The Kier molecular flexibility index (Phi) is 7.93. The van der Waals surface area contributed by atoms with E-state index in [-0.39, 0.29) is 5.75 Å². The molecule has 0 aliphatic carbocycles. The maximum Gasteiger partial charge on any atom is 0.343 e. The van der Waals surface area contributed by atoms with Crippen LogP contribution < -0.4 is 19.6 Å². The molecule has 5 aromatic rings. The van der Waals surface area contributed by atoms with E-state index in [9.17, 15) is 9.59 Å². The topological polar surface area (TPSA) is 102 Å². The van der Waals surface area contributed by atoms with Crippen LogP contribution in [-0.4, -0.2) is 37.3 Å². The van der Waals surface area contributed by atoms with E-state index in [2.05, 4.69) is 31.4 Å². The number of carbonyl (C=O) groups excluding carboxylic acids is 2. The first-order valence-electron chi connectivity index (χ1n) is 12.2. The van der Waals surface area contributed by atoms with Crippen LogP contribution in [0.3, 0.4) is 0 Å². The van der Waals surface area contributed by atoms with Crippen LogP contribution in [0, 0.1) is 0 Å². The summed E-state index contributed by atoms with van der Waals surface area (Å²) in [5.41, 5.74) is 6.09. The Morgan fingerprint density at radius 3 is 2.38 bits per heavy atom. The number of amides is 1. The number of nitrogens with one attached hydrogen (secondary N) is 2. The Labute approximate surface area is 238 Å². The second kappa shape index (κ2) is 11.9. The quantitative estimate of drug-likeness (QED) is 0.0908. The van der Waals surface area contributed by atoms with Gasteiger partial charge in [0.15, 0.2) is 0 Å². The van der Waals surface area contributed by atoms with Crippen molar-refractivity contribution in [2.75, 3.05) is 14.2 Å². The lowest BCUT2D eigenvalue weighted by atomic mass is 10.0. The van der Waals surface area contributed by atoms with Gasteiger partial charge < -0.3 is 19.2 Å². The molecule has 40 heavy (non-hydrogen) atoms. The number of rotatable bonds is 8. The molecule has 1 heterocycles. The maximum atomic E-state index is 13.4. The molecule has 0 saturated carbocycles. The van der Waals surface area contributed by atoms with Crippen molar-refractivity contribution in [2.24, 2.45) is 5.10 Å². The number of hydrogen-bond acceptors (Lipinski definition) is 6. The van der Waals surface area contributed by atoms with E-state index in [0.29, 0.717) is 33.8 Å². The zero-order valence-electron chi connectivity index (χ0n) is 21.6. The first-order chi connectivity index (χ1) is 19.5. The van der Waals surface area contributed by atoms with Crippen LogP contribution in [0.1, 0.15) is 26.4 Å². The van der Waals surface area contributed by atoms with Crippen LogP contribution in [0.5, 0.6) is 17.2 Å². The molecule has 0 atom stereocenters. The zero-order valence-corrected chi connectivity index (χ0v) is 23.2. The van der Waals surface area contributed by atoms with E-state index < -0.39 is 11.9 Å². The Morgan fingerprint density at radius 2 is 1.65 bits per heavy atom. The number of esters is 1. The van der Waals surface area contributed by atoms with Gasteiger partial charge in [-0.2, -0.15) is 5.10 Å². The minimum absolute atomic E-state index is 0.280. The van der Waals surface area contributed by atoms with Gasteiger partial charge in [-0.25, -0.2) is 10.2 Å². The van der Waals surface area contributed by atoms with E-state index in [1.165, 1.54) is 6.21 Å². The lowest BCUT2D eigenvalue weighted by molar-refractivity contribution is 0.0734. The fourth-order valence-electron chi connectivity index (χ4n) is 4.25. The molecule has 1 aromatic heterocycles. The van der Waals surface area contributed by atoms with Gasteiger partial charge >= 0.3 is 5.97 Å². The highest BCUT2D eigenvalue weighted by molar-refractivity contribution is 9.10. The molecule has 0 aliphatic heterocycles. The summed E-state index contributed by atoms with van der Waals surface area (Å²) in [6, 6.07) is 27.0. The highest BCUT2D eigenvalue weighted by atomic mass is 79.9. The van der Waals surface area contributed by atoms with Crippen molar-refractivity contribution in [1.29, 1.82) is 0 Å². The normalized spacial score (nSPS) is 11.0. The number of hydrazone groups is 1. The molecule has 4 aromatic carbocycles. The summed E-state index contributed by atoms with van der Waals surface area (Å²) >= 11 is 3.43. The van der Waals surface area contributed by atoms with Crippen molar-refractivity contribution in [2.45, 2.75) is 0 Å². The number of aromatic amines is 1. The lowest BCUT2D eigenvalue weighted by Crippen LogP contribution is -2.19. The first-order valence-corrected chi connectivity index (χ1v) is 13.0. The number of methoxy groups -OCH3 is 2. The Hall–Kier alpha value is -4.89. The van der Waals surface area contributed by atoms with E-state index in [4.69, 9.17) is 14.2 Å². The number of aromatic nitrogens is 1. The zero-order chi connectivity index (χ0) is 28.1. The van der Waals surface area contributed by atoms with Gasteiger partial charge in [-0.05, 0) is 54.1 Å². The maximum absolute atomic E-state index is 13.4. The third-order valence-electron chi connectivity index (χ3n) is 6.17. The van der Waals surface area contributed by atoms with Crippen molar-refractivity contribution in [1.82, 2.24) is 10.4 Å². The summed E-state index contributed by atoms with van der Waals surface area (Å²) in [6.07, 6.45) is 1.42. The second-order valence-electron chi connectivity index (χ2n) is 8.62. The monoisotopic (exact) mass is 597 g/mol. The van der Waals surface area contributed by atoms with Gasteiger partial charge in [-0.3, -0.25) is 4.79 Å². The van der Waals surface area contributed by atoms with Gasteiger partial charge in [0, 0.05) is 21.0 Å². The van der Waals surface area contributed by atoms with E-state index in [0.717, 1.165) is 21.0 Å². The van der Waals surface area contributed by atoms with Crippen LogP contribution in [0.4, 0.5) is 0 Å². The molecule has 200 valence electrons. The predicted molar refractivity (Wildman–Crippen MR) is 157 cm³/mol. The molecule has 0 spiro atoms. The summed E-state index contributed by atoms with van der Waals surface area (Å²) in [5.74, 6) is 0.549. The smallest absolute Gasteiger partial charge is 0.343 e. The highest BCUT2D eigenvalue weighted by Gasteiger charge is 2.21. The van der Waals surface area contributed by atoms with E-state index in [1.54, 1.807) is 56.7 Å². The molecular weight excluding hydrogens is 574 g/mol. The molecular formula is C31H24BrN3O5. The summed E-state index contributed by atoms with van der Waals surface area (Å²) in [5, 5.41) is 5.01. The molecule has 0 bridgehead atoms. The Bertz CT molecular complexity index is 1710. The summed E-state index contributed by atoms with van der Waals surface area (Å²) < 4.78 is 17.0. The second-order valence-corrected chi connectivity index (χ2v) is 9.54. The molecule has 0 saturated heterocycles. The number of para-hydroxylation sites is 1. The molecule has 2 N–H and O–H groups in total. The number of halogens is 1. The van der Waals surface area contributed by atoms with E-state index in [1.807, 2.05) is 48.5 Å². The summed E-state index contributed by atoms with van der Waals surface area (Å²) in [6.45, 7) is 0. The molecule has 9 heteroatoms. The molecule has 1 amide bonds. The molecule has 8 nitrogen and oxygen atoms in total. The highest BCUT2D eigenvalue weighted by Crippen LogP contribution is 2.36. The summed E-state index contributed by atoms with van der Waals surface area (Å²) in [4.78, 5) is 29.3. The number of nitrogens with zero attached hydrogens (tertiary/aromatic N) is 1. The van der Waals surface area contributed by atoms with Crippen molar-refractivity contribution in [3.63, 3.8) is 0 Å². The van der Waals surface area contributed by atoms with Gasteiger partial charge in [-0.1, -0.05) is 58.4 Å². The first kappa shape index (κ1) is 26.7. The number of fused-ring (bicyclic) bond motifs is 1. The van der Waals surface area contributed by atoms with Crippen LogP contribution in [-0.2, 0) is 0 Å². The molecule has 0 radical (unpaired) electrons. The molecule has 0 fully saturated rings. The average molecular weight is 598 g/mol. The molecule has 0 aliphatic rings. The Morgan fingerprint density at radius 1 is 0.875 bits per heavy atom. The van der Waals surface area contributed by atoms with Crippen molar-refractivity contribution in [3.05, 3.63) is 112 Å². The summed E-state index contributed by atoms with van der Waals surface area (Å²) in [7, 11) is 3.13. The van der Waals surface area contributed by atoms with E-state index >= 15 is 0 Å². The van der Waals surface area contributed by atoms with Crippen LogP contribution in [0.15, 0.2) is 101 Å². The van der Waals surface area contributed by atoms with Crippen LogP contribution >= 0.6 is 15.9 Å². The Balaban J connectivity index is 1.41.